The Bertz CT molecular complexity index is 969. The van der Waals surface area contributed by atoms with Gasteiger partial charge in [0.05, 0.1) is 18.0 Å². The number of carbonyl (C=O) groups is 1. The maximum absolute atomic E-state index is 12.5. The van der Waals surface area contributed by atoms with E-state index < -0.39 is 5.91 Å². The molecular formula is C19H15N3O2S2. The standard InChI is InChI=1S/C19H15N3O2S2/c1-2-24-17-6-4-3-5-16(17)22-18(23)14(10-20)9-15-12-26-19(21-15)13-7-8-25-11-13/h3-9,11-12H,2H2,1H3,(H,22,23)/b14-9-. The molecule has 5 nitrogen and oxygen atoms in total. The van der Waals surface area contributed by atoms with Crippen molar-refractivity contribution in [3.05, 3.63) is 57.7 Å². The molecular weight excluding hydrogens is 366 g/mol. The molecule has 0 fully saturated rings. The van der Waals surface area contributed by atoms with Gasteiger partial charge in [-0.1, -0.05) is 12.1 Å². The van der Waals surface area contributed by atoms with Crippen molar-refractivity contribution in [3.63, 3.8) is 0 Å². The summed E-state index contributed by atoms with van der Waals surface area (Å²) in [5.41, 5.74) is 2.13. The highest BCUT2D eigenvalue weighted by Gasteiger charge is 2.13. The van der Waals surface area contributed by atoms with Crippen molar-refractivity contribution in [1.29, 1.82) is 5.26 Å². The van der Waals surface area contributed by atoms with Crippen molar-refractivity contribution in [3.8, 4) is 22.4 Å². The lowest BCUT2D eigenvalue weighted by molar-refractivity contribution is -0.112. The molecule has 7 heteroatoms. The normalized spacial score (nSPS) is 11.0. The number of nitriles is 1. The lowest BCUT2D eigenvalue weighted by atomic mass is 10.2. The Morgan fingerprint density at radius 2 is 2.19 bits per heavy atom. The second kappa shape index (κ2) is 8.43. The van der Waals surface area contributed by atoms with Gasteiger partial charge in [0.25, 0.3) is 5.91 Å². The van der Waals surface area contributed by atoms with Crippen molar-refractivity contribution in [1.82, 2.24) is 4.98 Å². The number of aromatic nitrogens is 1. The molecule has 26 heavy (non-hydrogen) atoms. The van der Waals surface area contributed by atoms with Crippen LogP contribution >= 0.6 is 22.7 Å². The van der Waals surface area contributed by atoms with Crippen molar-refractivity contribution in [2.45, 2.75) is 6.92 Å². The highest BCUT2D eigenvalue weighted by molar-refractivity contribution is 7.14. The smallest absolute Gasteiger partial charge is 0.266 e. The van der Waals surface area contributed by atoms with Crippen molar-refractivity contribution < 1.29 is 9.53 Å². The Hall–Kier alpha value is -2.95. The van der Waals surface area contributed by atoms with Gasteiger partial charge < -0.3 is 10.1 Å². The minimum Gasteiger partial charge on any atom is -0.492 e. The highest BCUT2D eigenvalue weighted by atomic mass is 32.1. The molecule has 0 unspecified atom stereocenters. The second-order valence-electron chi connectivity index (χ2n) is 5.14. The van der Waals surface area contributed by atoms with Gasteiger partial charge in [-0.2, -0.15) is 16.6 Å². The van der Waals surface area contributed by atoms with Crippen molar-refractivity contribution in [2.24, 2.45) is 0 Å². The SMILES string of the molecule is CCOc1ccccc1NC(=O)/C(C#N)=C\c1csc(-c2ccsc2)n1. The average Bonchev–Trinajstić information content (AvgIpc) is 3.33. The fourth-order valence-electron chi connectivity index (χ4n) is 2.21. The van der Waals surface area contributed by atoms with E-state index in [-0.39, 0.29) is 5.57 Å². The number of rotatable bonds is 6. The number of ether oxygens (including phenoxy) is 1. The predicted molar refractivity (Wildman–Crippen MR) is 105 cm³/mol. The number of benzene rings is 1. The number of carbonyl (C=O) groups excluding carboxylic acids is 1. The van der Waals surface area contributed by atoms with Gasteiger partial charge in [-0.15, -0.1) is 11.3 Å². The van der Waals surface area contributed by atoms with E-state index in [1.54, 1.807) is 29.5 Å². The number of anilines is 1. The van der Waals surface area contributed by atoms with Crippen LogP contribution in [0, 0.1) is 11.3 Å². The molecule has 0 saturated heterocycles. The van der Waals surface area contributed by atoms with E-state index in [0.29, 0.717) is 23.7 Å². The van der Waals surface area contributed by atoms with Crippen LogP contribution in [0.3, 0.4) is 0 Å². The molecule has 130 valence electrons. The third-order valence-electron chi connectivity index (χ3n) is 3.38. The van der Waals surface area contributed by atoms with Crippen LogP contribution in [0.5, 0.6) is 5.75 Å². The van der Waals surface area contributed by atoms with E-state index in [1.807, 2.05) is 41.3 Å². The quantitative estimate of drug-likeness (QED) is 0.491. The predicted octanol–water partition coefficient (Wildman–Crippen LogP) is 4.82. The summed E-state index contributed by atoms with van der Waals surface area (Å²) in [4.78, 5) is 16.9. The Morgan fingerprint density at radius 3 is 2.92 bits per heavy atom. The molecule has 0 aliphatic rings. The van der Waals surface area contributed by atoms with Crippen LogP contribution in [-0.4, -0.2) is 17.5 Å². The number of amides is 1. The van der Waals surface area contributed by atoms with Crippen molar-refractivity contribution in [2.75, 3.05) is 11.9 Å². The number of nitrogens with one attached hydrogen (secondary N) is 1. The zero-order valence-corrected chi connectivity index (χ0v) is 15.6. The topological polar surface area (TPSA) is 75.0 Å². The average molecular weight is 381 g/mol. The molecule has 0 radical (unpaired) electrons. The first-order chi connectivity index (χ1) is 12.7. The molecule has 0 aliphatic heterocycles. The van der Waals surface area contributed by atoms with Crippen LogP contribution in [0.1, 0.15) is 12.6 Å². The first kappa shape index (κ1) is 17.9. The molecule has 3 aromatic rings. The molecule has 1 amide bonds. The first-order valence-electron chi connectivity index (χ1n) is 7.84. The van der Waals surface area contributed by atoms with E-state index >= 15 is 0 Å². The molecule has 0 bridgehead atoms. The lowest BCUT2D eigenvalue weighted by Gasteiger charge is -2.10. The molecule has 0 aliphatic carbocycles. The fourth-order valence-corrected chi connectivity index (χ4v) is 3.70. The third kappa shape index (κ3) is 4.17. The largest absolute Gasteiger partial charge is 0.492 e. The Labute approximate surface area is 159 Å². The van der Waals surface area contributed by atoms with E-state index in [4.69, 9.17) is 4.74 Å². The zero-order valence-electron chi connectivity index (χ0n) is 13.9. The van der Waals surface area contributed by atoms with Gasteiger partial charge in [0.15, 0.2) is 0 Å². The van der Waals surface area contributed by atoms with E-state index in [2.05, 4.69) is 10.3 Å². The molecule has 3 rings (SSSR count). The first-order valence-corrected chi connectivity index (χ1v) is 9.66. The van der Waals surface area contributed by atoms with E-state index in [0.717, 1.165) is 10.6 Å². The van der Waals surface area contributed by atoms with Gasteiger partial charge in [-0.3, -0.25) is 4.79 Å². The molecule has 2 heterocycles. The summed E-state index contributed by atoms with van der Waals surface area (Å²) in [7, 11) is 0. The molecule has 1 N–H and O–H groups in total. The number of hydrogen-bond acceptors (Lipinski definition) is 6. The van der Waals surface area contributed by atoms with Gasteiger partial charge in [-0.05, 0) is 36.6 Å². The minimum absolute atomic E-state index is 0.0153. The van der Waals surface area contributed by atoms with Crippen LogP contribution in [0.15, 0.2) is 52.0 Å². The number of para-hydroxylation sites is 2. The van der Waals surface area contributed by atoms with Crippen LogP contribution in [-0.2, 0) is 4.79 Å². The zero-order chi connectivity index (χ0) is 18.4. The Kier molecular flexibility index (Phi) is 5.79. The number of hydrogen-bond donors (Lipinski definition) is 1. The van der Waals surface area contributed by atoms with Gasteiger partial charge in [0.2, 0.25) is 0 Å². The maximum atomic E-state index is 12.5. The van der Waals surface area contributed by atoms with Gasteiger partial charge in [0, 0.05) is 16.3 Å². The molecule has 0 saturated carbocycles. The van der Waals surface area contributed by atoms with Crippen LogP contribution in [0.2, 0.25) is 0 Å². The highest BCUT2D eigenvalue weighted by Crippen LogP contribution is 2.27. The van der Waals surface area contributed by atoms with Crippen LogP contribution < -0.4 is 10.1 Å². The lowest BCUT2D eigenvalue weighted by Crippen LogP contribution is -2.14. The number of thiazole rings is 1. The Morgan fingerprint density at radius 1 is 1.35 bits per heavy atom. The molecule has 0 atom stereocenters. The Balaban J connectivity index is 1.79. The van der Waals surface area contributed by atoms with E-state index in [9.17, 15) is 10.1 Å². The summed E-state index contributed by atoms with van der Waals surface area (Å²) < 4.78 is 5.49. The van der Waals surface area contributed by atoms with Gasteiger partial charge in [0.1, 0.15) is 22.4 Å². The number of thiophene rings is 1. The van der Waals surface area contributed by atoms with Crippen LogP contribution in [0.25, 0.3) is 16.6 Å². The summed E-state index contributed by atoms with van der Waals surface area (Å²) >= 11 is 3.07. The van der Waals surface area contributed by atoms with E-state index in [1.165, 1.54) is 17.4 Å². The third-order valence-corrected chi connectivity index (χ3v) is 4.98. The summed E-state index contributed by atoms with van der Waals surface area (Å²) in [6, 6.07) is 11.0. The summed E-state index contributed by atoms with van der Waals surface area (Å²) in [5.74, 6) is 0.0683. The van der Waals surface area contributed by atoms with Crippen LogP contribution in [0.4, 0.5) is 5.69 Å². The molecule has 1 aromatic carbocycles. The summed E-state index contributed by atoms with van der Waals surface area (Å²) in [6.45, 7) is 2.35. The van der Waals surface area contributed by atoms with Gasteiger partial charge >= 0.3 is 0 Å². The number of nitrogens with zero attached hydrogens (tertiary/aromatic N) is 2. The van der Waals surface area contributed by atoms with Gasteiger partial charge in [-0.25, -0.2) is 4.98 Å². The minimum atomic E-state index is -0.496. The van der Waals surface area contributed by atoms with Crippen molar-refractivity contribution >= 4 is 40.3 Å². The summed E-state index contributed by atoms with van der Waals surface area (Å²) in [5, 5.41) is 18.8. The molecule has 0 spiro atoms. The monoisotopic (exact) mass is 381 g/mol. The second-order valence-corrected chi connectivity index (χ2v) is 6.78. The maximum Gasteiger partial charge on any atom is 0.266 e. The summed E-state index contributed by atoms with van der Waals surface area (Å²) in [6.07, 6.45) is 1.49. The fraction of sp³-hybridized carbons (Fsp3) is 0.105. The molecule has 2 aromatic heterocycles.